The summed E-state index contributed by atoms with van der Waals surface area (Å²) in [6.07, 6.45) is 4.46. The topological polar surface area (TPSA) is 65.2 Å². The third-order valence-corrected chi connectivity index (χ3v) is 7.26. The van der Waals surface area contributed by atoms with Crippen LogP contribution in [0.5, 0.6) is 0 Å². The molecule has 2 heterocycles. The highest BCUT2D eigenvalue weighted by Crippen LogP contribution is 2.25. The van der Waals surface area contributed by atoms with Crippen LogP contribution >= 0.6 is 0 Å². The van der Waals surface area contributed by atoms with Gasteiger partial charge in [0, 0.05) is 35.8 Å². The fourth-order valence-corrected chi connectivity index (χ4v) is 5.21. The number of carbonyl (C=O) groups excluding carboxylic acids is 2. The number of hydrogen-bond donors (Lipinski definition) is 2. The van der Waals surface area contributed by atoms with Gasteiger partial charge in [0.25, 0.3) is 0 Å². The van der Waals surface area contributed by atoms with Gasteiger partial charge in [0.15, 0.2) is 0 Å². The van der Waals surface area contributed by atoms with E-state index in [1.165, 1.54) is 11.1 Å². The minimum absolute atomic E-state index is 0.118. The molecule has 0 aliphatic carbocycles. The number of nitrogens with zero attached hydrogens (tertiary/aromatic N) is 1. The molecule has 0 saturated carbocycles. The molecule has 1 aliphatic heterocycles. The number of aryl methyl sites for hydroxylation is 3. The summed E-state index contributed by atoms with van der Waals surface area (Å²) in [7, 11) is 1.78. The summed E-state index contributed by atoms with van der Waals surface area (Å²) in [6, 6.07) is 23.9. The average Bonchev–Trinajstić information content (AvgIpc) is 3.24. The van der Waals surface area contributed by atoms with Gasteiger partial charge in [0.05, 0.1) is 6.42 Å². The Morgan fingerprint density at radius 3 is 2.56 bits per heavy atom. The lowest BCUT2D eigenvalue weighted by Gasteiger charge is -2.25. The Hall–Kier alpha value is -3.86. The molecule has 5 nitrogen and oxygen atoms in total. The van der Waals surface area contributed by atoms with Crippen LogP contribution in [-0.2, 0) is 41.7 Å². The quantitative estimate of drug-likeness (QED) is 0.427. The Kier molecular flexibility index (Phi) is 6.90. The van der Waals surface area contributed by atoms with Gasteiger partial charge in [0.2, 0.25) is 11.8 Å². The standard InChI is InChI=1S/C31H33N3O2/c1-3-21-14-16-24(17-15-21)34(2)31(36)29-19-23-10-6-8-22(18-23)9-7-13-28-26(20-30(35)33-29)25-11-4-5-12-27(25)32-28/h4-6,8,10-12,14-18,29,32H,3,7,9,13,19-20H2,1-2H3,(H,33,35). The number of nitrogens with one attached hydrogen (secondary N) is 2. The van der Waals surface area contributed by atoms with Crippen molar-refractivity contribution >= 4 is 28.4 Å². The lowest BCUT2D eigenvalue weighted by Crippen LogP contribution is -2.49. The molecule has 2 amide bonds. The van der Waals surface area contributed by atoms with E-state index >= 15 is 0 Å². The molecule has 1 unspecified atom stereocenters. The van der Waals surface area contributed by atoms with Crippen LogP contribution in [0.25, 0.3) is 10.9 Å². The highest BCUT2D eigenvalue weighted by molar-refractivity contribution is 5.99. The van der Waals surface area contributed by atoms with Crippen molar-refractivity contribution in [3.63, 3.8) is 0 Å². The van der Waals surface area contributed by atoms with Crippen LogP contribution in [0, 0.1) is 0 Å². The first kappa shape index (κ1) is 23.9. The number of anilines is 1. The van der Waals surface area contributed by atoms with Gasteiger partial charge in [-0.2, -0.15) is 0 Å². The molecule has 2 N–H and O–H groups in total. The Bertz CT molecular complexity index is 1390. The van der Waals surface area contributed by atoms with Crippen LogP contribution in [0.1, 0.15) is 41.3 Å². The molecule has 184 valence electrons. The molecule has 1 aromatic heterocycles. The van der Waals surface area contributed by atoms with E-state index in [0.29, 0.717) is 6.42 Å². The molecule has 3 aromatic carbocycles. The first-order valence-electron chi connectivity index (χ1n) is 12.8. The van der Waals surface area contributed by atoms with Crippen molar-refractivity contribution < 1.29 is 9.59 Å². The van der Waals surface area contributed by atoms with Crippen LogP contribution in [-0.4, -0.2) is 29.9 Å². The molecule has 4 aromatic rings. The summed E-state index contributed by atoms with van der Waals surface area (Å²) < 4.78 is 0. The van der Waals surface area contributed by atoms with Crippen LogP contribution in [0.15, 0.2) is 72.8 Å². The molecule has 0 saturated heterocycles. The van der Waals surface area contributed by atoms with Crippen molar-refractivity contribution in [3.8, 4) is 0 Å². The lowest BCUT2D eigenvalue weighted by atomic mass is 9.99. The molecule has 2 bridgehead atoms. The van der Waals surface area contributed by atoms with Crippen molar-refractivity contribution in [1.29, 1.82) is 0 Å². The number of benzene rings is 3. The fourth-order valence-electron chi connectivity index (χ4n) is 5.21. The maximum absolute atomic E-state index is 13.7. The monoisotopic (exact) mass is 479 g/mol. The summed E-state index contributed by atoms with van der Waals surface area (Å²) in [5, 5.41) is 4.17. The highest BCUT2D eigenvalue weighted by atomic mass is 16.2. The number of fused-ring (bicyclic) bond motifs is 5. The predicted molar refractivity (Wildman–Crippen MR) is 145 cm³/mol. The fraction of sp³-hybridized carbons (Fsp3) is 0.290. The minimum atomic E-state index is -0.655. The normalized spacial score (nSPS) is 16.3. The van der Waals surface area contributed by atoms with E-state index in [1.807, 2.05) is 42.5 Å². The van der Waals surface area contributed by atoms with E-state index in [1.54, 1.807) is 11.9 Å². The molecule has 1 atom stereocenters. The number of likely N-dealkylation sites (N-methyl/N-ethyl adjacent to an activating group) is 1. The largest absolute Gasteiger partial charge is 0.358 e. The van der Waals surface area contributed by atoms with E-state index in [-0.39, 0.29) is 18.2 Å². The van der Waals surface area contributed by atoms with Crippen LogP contribution < -0.4 is 10.2 Å². The number of H-pyrrole nitrogens is 1. The second-order valence-electron chi connectivity index (χ2n) is 9.72. The molecule has 1 aliphatic rings. The SMILES string of the molecule is CCc1ccc(N(C)C(=O)C2Cc3cccc(c3)CCCc3[nH]c4ccccc4c3CC(=O)N2)cc1. The summed E-state index contributed by atoms with van der Waals surface area (Å²) in [4.78, 5) is 32.3. The van der Waals surface area contributed by atoms with E-state index in [0.717, 1.165) is 59.1 Å². The number of aromatic nitrogens is 1. The average molecular weight is 480 g/mol. The summed E-state index contributed by atoms with van der Waals surface area (Å²) in [5.74, 6) is -0.253. The minimum Gasteiger partial charge on any atom is -0.358 e. The van der Waals surface area contributed by atoms with Crippen LogP contribution in [0.3, 0.4) is 0 Å². The number of carbonyl (C=O) groups is 2. The predicted octanol–water partition coefficient (Wildman–Crippen LogP) is 5.15. The van der Waals surface area contributed by atoms with E-state index in [2.05, 4.69) is 47.6 Å². The zero-order chi connectivity index (χ0) is 25.1. The second-order valence-corrected chi connectivity index (χ2v) is 9.72. The Balaban J connectivity index is 1.48. The maximum atomic E-state index is 13.7. The van der Waals surface area contributed by atoms with Gasteiger partial charge in [0.1, 0.15) is 6.04 Å². The third kappa shape index (κ3) is 5.06. The Labute approximate surface area is 212 Å². The molecule has 0 radical (unpaired) electrons. The van der Waals surface area contributed by atoms with Gasteiger partial charge in [-0.3, -0.25) is 9.59 Å². The molecule has 36 heavy (non-hydrogen) atoms. The highest BCUT2D eigenvalue weighted by Gasteiger charge is 2.26. The summed E-state index contributed by atoms with van der Waals surface area (Å²) in [6.45, 7) is 2.11. The molecule has 0 fully saturated rings. The molecule has 5 heteroatoms. The van der Waals surface area contributed by atoms with Crippen molar-refractivity contribution in [2.45, 2.75) is 51.5 Å². The Morgan fingerprint density at radius 2 is 1.75 bits per heavy atom. The van der Waals surface area contributed by atoms with Crippen molar-refractivity contribution in [1.82, 2.24) is 10.3 Å². The molecule has 0 spiro atoms. The first-order chi connectivity index (χ1) is 17.5. The number of rotatable bonds is 3. The summed E-state index contributed by atoms with van der Waals surface area (Å²) in [5.41, 5.74) is 7.55. The molecular formula is C31H33N3O2. The van der Waals surface area contributed by atoms with Crippen molar-refractivity contribution in [2.24, 2.45) is 0 Å². The number of amides is 2. The zero-order valence-corrected chi connectivity index (χ0v) is 21.0. The van der Waals surface area contributed by atoms with Gasteiger partial charge in [-0.15, -0.1) is 0 Å². The van der Waals surface area contributed by atoms with E-state index < -0.39 is 6.04 Å². The summed E-state index contributed by atoms with van der Waals surface area (Å²) >= 11 is 0. The van der Waals surface area contributed by atoms with Crippen molar-refractivity contribution in [3.05, 3.63) is 101 Å². The van der Waals surface area contributed by atoms with Gasteiger partial charge < -0.3 is 15.2 Å². The molecular weight excluding hydrogens is 446 g/mol. The lowest BCUT2D eigenvalue weighted by molar-refractivity contribution is -0.127. The zero-order valence-electron chi connectivity index (χ0n) is 21.0. The van der Waals surface area contributed by atoms with Gasteiger partial charge in [-0.1, -0.05) is 61.5 Å². The van der Waals surface area contributed by atoms with E-state index in [9.17, 15) is 9.59 Å². The second kappa shape index (κ2) is 10.4. The van der Waals surface area contributed by atoms with Crippen molar-refractivity contribution in [2.75, 3.05) is 11.9 Å². The Morgan fingerprint density at radius 1 is 0.972 bits per heavy atom. The number of para-hydroxylation sites is 1. The van der Waals surface area contributed by atoms with Gasteiger partial charge >= 0.3 is 0 Å². The van der Waals surface area contributed by atoms with Crippen LogP contribution in [0.4, 0.5) is 5.69 Å². The number of aromatic amines is 1. The van der Waals surface area contributed by atoms with E-state index in [4.69, 9.17) is 0 Å². The first-order valence-corrected chi connectivity index (χ1v) is 12.8. The molecule has 5 rings (SSSR count). The third-order valence-electron chi connectivity index (χ3n) is 7.26. The van der Waals surface area contributed by atoms with Crippen LogP contribution in [0.2, 0.25) is 0 Å². The van der Waals surface area contributed by atoms with Gasteiger partial charge in [-0.05, 0) is 66.1 Å². The maximum Gasteiger partial charge on any atom is 0.249 e. The smallest absolute Gasteiger partial charge is 0.249 e. The number of hydrogen-bond acceptors (Lipinski definition) is 2. The van der Waals surface area contributed by atoms with Gasteiger partial charge in [-0.25, -0.2) is 0 Å².